The lowest BCUT2D eigenvalue weighted by Gasteiger charge is -2.27. The van der Waals surface area contributed by atoms with Crippen LogP contribution in [0.1, 0.15) is 30.5 Å². The van der Waals surface area contributed by atoms with Crippen molar-refractivity contribution in [3.63, 3.8) is 0 Å². The van der Waals surface area contributed by atoms with Crippen LogP contribution in [0.5, 0.6) is 0 Å². The van der Waals surface area contributed by atoms with Crippen molar-refractivity contribution >= 4 is 0 Å². The molecule has 2 heterocycles. The highest BCUT2D eigenvalue weighted by atomic mass is 16.5. The summed E-state index contributed by atoms with van der Waals surface area (Å²) in [5, 5.41) is 0. The molecule has 1 fully saturated rings. The van der Waals surface area contributed by atoms with Gasteiger partial charge >= 0.3 is 0 Å². The molecule has 2 rings (SSSR count). The van der Waals surface area contributed by atoms with Crippen molar-refractivity contribution in [2.45, 2.75) is 25.9 Å². The van der Waals surface area contributed by atoms with Crippen molar-refractivity contribution in [3.05, 3.63) is 23.7 Å². The van der Waals surface area contributed by atoms with E-state index in [0.717, 1.165) is 37.6 Å². The molecule has 84 valence electrons. The number of hydrogen-bond acceptors (Lipinski definition) is 3. The lowest BCUT2D eigenvalue weighted by Crippen LogP contribution is -2.22. The zero-order valence-corrected chi connectivity index (χ0v) is 9.36. The van der Waals surface area contributed by atoms with Gasteiger partial charge in [0, 0.05) is 20.3 Å². The summed E-state index contributed by atoms with van der Waals surface area (Å²) in [6.45, 7) is 3.63. The smallest absolute Gasteiger partial charge is 0.133 e. The largest absolute Gasteiger partial charge is 0.464 e. The van der Waals surface area contributed by atoms with E-state index in [0.29, 0.717) is 5.92 Å². The van der Waals surface area contributed by atoms with Crippen LogP contribution >= 0.6 is 0 Å². The van der Waals surface area contributed by atoms with E-state index in [-0.39, 0.29) is 6.10 Å². The fourth-order valence-electron chi connectivity index (χ4n) is 2.17. The summed E-state index contributed by atoms with van der Waals surface area (Å²) >= 11 is 0. The summed E-state index contributed by atoms with van der Waals surface area (Å²) < 4.78 is 16.5. The molecule has 0 spiro atoms. The van der Waals surface area contributed by atoms with Gasteiger partial charge in [0.1, 0.15) is 17.6 Å². The predicted molar refractivity (Wildman–Crippen MR) is 56.7 cm³/mol. The minimum Gasteiger partial charge on any atom is -0.464 e. The number of furan rings is 1. The minimum absolute atomic E-state index is 0.0857. The second-order valence-corrected chi connectivity index (χ2v) is 4.05. The molecule has 15 heavy (non-hydrogen) atoms. The van der Waals surface area contributed by atoms with Crippen LogP contribution in [-0.4, -0.2) is 20.3 Å². The first kappa shape index (κ1) is 10.7. The van der Waals surface area contributed by atoms with Crippen LogP contribution in [-0.2, 0) is 9.47 Å². The first-order valence-electron chi connectivity index (χ1n) is 5.48. The highest BCUT2D eigenvalue weighted by molar-refractivity contribution is 5.09. The topological polar surface area (TPSA) is 31.6 Å². The third kappa shape index (κ3) is 2.41. The maximum absolute atomic E-state index is 5.62. The maximum Gasteiger partial charge on any atom is 0.133 e. The van der Waals surface area contributed by atoms with Crippen molar-refractivity contribution in [1.82, 2.24) is 0 Å². The third-order valence-electron chi connectivity index (χ3n) is 2.99. The van der Waals surface area contributed by atoms with Crippen molar-refractivity contribution in [3.8, 4) is 0 Å². The molecule has 1 unspecified atom stereocenters. The second-order valence-electron chi connectivity index (χ2n) is 4.05. The van der Waals surface area contributed by atoms with E-state index >= 15 is 0 Å². The number of ether oxygens (including phenoxy) is 2. The number of methoxy groups -OCH3 is 1. The zero-order chi connectivity index (χ0) is 10.7. The SMILES string of the molecule is COC(c1ccc(C)o1)C1CCOCC1. The van der Waals surface area contributed by atoms with Crippen LogP contribution in [0.3, 0.4) is 0 Å². The fourth-order valence-corrected chi connectivity index (χ4v) is 2.17. The van der Waals surface area contributed by atoms with Gasteiger partial charge in [-0.1, -0.05) is 0 Å². The Morgan fingerprint density at radius 1 is 1.33 bits per heavy atom. The van der Waals surface area contributed by atoms with Gasteiger partial charge in [0.2, 0.25) is 0 Å². The molecule has 1 aromatic heterocycles. The van der Waals surface area contributed by atoms with Crippen molar-refractivity contribution in [2.24, 2.45) is 5.92 Å². The summed E-state index contributed by atoms with van der Waals surface area (Å²) in [4.78, 5) is 0. The normalized spacial score (nSPS) is 20.4. The fraction of sp³-hybridized carbons (Fsp3) is 0.667. The van der Waals surface area contributed by atoms with Gasteiger partial charge in [-0.25, -0.2) is 0 Å². The lowest BCUT2D eigenvalue weighted by atomic mass is 9.92. The third-order valence-corrected chi connectivity index (χ3v) is 2.99. The molecule has 0 saturated carbocycles. The first-order chi connectivity index (χ1) is 7.31. The van der Waals surface area contributed by atoms with Gasteiger partial charge in [-0.15, -0.1) is 0 Å². The quantitative estimate of drug-likeness (QED) is 0.768. The Balaban J connectivity index is 2.08. The van der Waals surface area contributed by atoms with Crippen LogP contribution in [0.25, 0.3) is 0 Å². The number of aryl methyl sites for hydroxylation is 1. The minimum atomic E-state index is 0.0857. The molecular weight excluding hydrogens is 192 g/mol. The Hall–Kier alpha value is -0.800. The molecule has 1 saturated heterocycles. The molecule has 1 atom stereocenters. The van der Waals surface area contributed by atoms with E-state index in [1.807, 2.05) is 19.1 Å². The maximum atomic E-state index is 5.62. The molecule has 3 nitrogen and oxygen atoms in total. The van der Waals surface area contributed by atoms with Crippen LogP contribution in [0.4, 0.5) is 0 Å². The van der Waals surface area contributed by atoms with Gasteiger partial charge in [-0.3, -0.25) is 0 Å². The van der Waals surface area contributed by atoms with Crippen LogP contribution in [0.2, 0.25) is 0 Å². The average Bonchev–Trinajstić information content (AvgIpc) is 2.68. The van der Waals surface area contributed by atoms with Crippen LogP contribution in [0, 0.1) is 12.8 Å². The van der Waals surface area contributed by atoms with E-state index in [4.69, 9.17) is 13.9 Å². The van der Waals surface area contributed by atoms with Gasteiger partial charge in [-0.2, -0.15) is 0 Å². The Labute approximate surface area is 90.4 Å². The van der Waals surface area contributed by atoms with Crippen molar-refractivity contribution in [1.29, 1.82) is 0 Å². The highest BCUT2D eigenvalue weighted by Crippen LogP contribution is 2.33. The summed E-state index contributed by atoms with van der Waals surface area (Å²) in [5.74, 6) is 2.41. The second kappa shape index (κ2) is 4.81. The summed E-state index contributed by atoms with van der Waals surface area (Å²) in [7, 11) is 1.75. The molecule has 3 heteroatoms. The molecule has 0 bridgehead atoms. The van der Waals surface area contributed by atoms with E-state index in [2.05, 4.69) is 0 Å². The highest BCUT2D eigenvalue weighted by Gasteiger charge is 2.27. The van der Waals surface area contributed by atoms with Crippen LogP contribution in [0.15, 0.2) is 16.5 Å². The molecule has 0 amide bonds. The standard InChI is InChI=1S/C12H18O3/c1-9-3-4-11(15-9)12(13-2)10-5-7-14-8-6-10/h3-4,10,12H,5-8H2,1-2H3. The Kier molecular flexibility index (Phi) is 3.44. The van der Waals surface area contributed by atoms with Crippen molar-refractivity contribution in [2.75, 3.05) is 20.3 Å². The molecule has 1 aliphatic heterocycles. The van der Waals surface area contributed by atoms with Gasteiger partial charge in [0.15, 0.2) is 0 Å². The van der Waals surface area contributed by atoms with E-state index in [1.54, 1.807) is 7.11 Å². The molecule has 1 aliphatic rings. The molecule has 1 aromatic rings. The molecule has 0 radical (unpaired) electrons. The Morgan fingerprint density at radius 3 is 2.60 bits per heavy atom. The zero-order valence-electron chi connectivity index (χ0n) is 9.36. The van der Waals surface area contributed by atoms with Gasteiger partial charge in [0.05, 0.1) is 0 Å². The summed E-state index contributed by atoms with van der Waals surface area (Å²) in [5.41, 5.74) is 0. The molecule has 0 aromatic carbocycles. The first-order valence-corrected chi connectivity index (χ1v) is 5.48. The Bertz CT molecular complexity index is 300. The molecule has 0 N–H and O–H groups in total. The number of hydrogen-bond donors (Lipinski definition) is 0. The predicted octanol–water partition coefficient (Wildman–Crippen LogP) is 2.70. The Morgan fingerprint density at radius 2 is 2.07 bits per heavy atom. The van der Waals surface area contributed by atoms with Gasteiger partial charge in [0.25, 0.3) is 0 Å². The monoisotopic (exact) mass is 210 g/mol. The van der Waals surface area contributed by atoms with E-state index < -0.39 is 0 Å². The number of rotatable bonds is 3. The van der Waals surface area contributed by atoms with E-state index in [1.165, 1.54) is 0 Å². The molecular formula is C12H18O3. The van der Waals surface area contributed by atoms with Gasteiger partial charge in [-0.05, 0) is 37.8 Å². The lowest BCUT2D eigenvalue weighted by molar-refractivity contribution is -0.0239. The van der Waals surface area contributed by atoms with Crippen LogP contribution < -0.4 is 0 Å². The van der Waals surface area contributed by atoms with Crippen molar-refractivity contribution < 1.29 is 13.9 Å². The van der Waals surface area contributed by atoms with Gasteiger partial charge < -0.3 is 13.9 Å². The summed E-state index contributed by atoms with van der Waals surface area (Å²) in [6, 6.07) is 4.00. The molecule has 0 aliphatic carbocycles. The average molecular weight is 210 g/mol. The summed E-state index contributed by atoms with van der Waals surface area (Å²) in [6.07, 6.45) is 2.19. The van der Waals surface area contributed by atoms with E-state index in [9.17, 15) is 0 Å².